The van der Waals surface area contributed by atoms with Gasteiger partial charge in [-0.05, 0) is 20.8 Å². The zero-order chi connectivity index (χ0) is 18.2. The van der Waals surface area contributed by atoms with Crippen LogP contribution in [0.1, 0.15) is 34.1 Å². The molecular formula is C14H24N2O6S. The zero-order valence-corrected chi connectivity index (χ0v) is 14.7. The molecule has 0 aromatic rings. The van der Waals surface area contributed by atoms with E-state index in [-0.39, 0.29) is 24.5 Å². The lowest BCUT2D eigenvalue weighted by molar-refractivity contribution is -0.150. The average Bonchev–Trinajstić information content (AvgIpc) is 2.40. The minimum absolute atomic E-state index is 0.0466. The molecular weight excluding hydrogens is 324 g/mol. The Morgan fingerprint density at radius 3 is 2.17 bits per heavy atom. The highest BCUT2D eigenvalue weighted by atomic mass is 32.1. The Hall–Kier alpha value is -1.61. The van der Waals surface area contributed by atoms with Crippen LogP contribution < -0.4 is 5.73 Å². The highest BCUT2D eigenvalue weighted by molar-refractivity contribution is 7.81. The maximum absolute atomic E-state index is 12.1. The molecule has 132 valence electrons. The fourth-order valence-electron chi connectivity index (χ4n) is 1.61. The summed E-state index contributed by atoms with van der Waals surface area (Å²) in [4.78, 5) is 47.4. The first-order valence-corrected chi connectivity index (χ1v) is 7.66. The maximum atomic E-state index is 12.1. The van der Waals surface area contributed by atoms with Crippen LogP contribution in [-0.4, -0.2) is 59.2 Å². The number of imide groups is 1. The van der Waals surface area contributed by atoms with Crippen LogP contribution in [0.15, 0.2) is 0 Å². The first kappa shape index (κ1) is 21.4. The summed E-state index contributed by atoms with van der Waals surface area (Å²) in [6, 6.07) is 0. The zero-order valence-electron chi connectivity index (χ0n) is 13.8. The van der Waals surface area contributed by atoms with Gasteiger partial charge >= 0.3 is 12.1 Å². The summed E-state index contributed by atoms with van der Waals surface area (Å²) in [6.45, 7) is 5.36. The Morgan fingerprint density at radius 2 is 1.78 bits per heavy atom. The highest BCUT2D eigenvalue weighted by Gasteiger charge is 2.30. The van der Waals surface area contributed by atoms with Crippen molar-refractivity contribution in [1.82, 2.24) is 4.90 Å². The molecule has 0 spiro atoms. The Kier molecular flexibility index (Phi) is 8.85. The predicted octanol–water partition coefficient (Wildman–Crippen LogP) is 0.529. The summed E-state index contributed by atoms with van der Waals surface area (Å²) < 4.78 is 10.1. The quantitative estimate of drug-likeness (QED) is 0.509. The van der Waals surface area contributed by atoms with Crippen LogP contribution in [0, 0.1) is 0 Å². The molecule has 0 fully saturated rings. The molecule has 0 saturated carbocycles. The van der Waals surface area contributed by atoms with Crippen molar-refractivity contribution in [2.45, 2.75) is 45.8 Å². The first-order chi connectivity index (χ1) is 10.5. The molecule has 0 aliphatic heterocycles. The van der Waals surface area contributed by atoms with Gasteiger partial charge in [0.1, 0.15) is 17.5 Å². The molecule has 2 N–H and O–H groups in total. The molecule has 0 aromatic heterocycles. The number of carbonyl (C=O) groups excluding carboxylic acids is 4. The number of nitrogens with two attached hydrogens (primary N) is 1. The van der Waals surface area contributed by atoms with Crippen LogP contribution in [0.4, 0.5) is 4.79 Å². The topological polar surface area (TPSA) is 116 Å². The van der Waals surface area contributed by atoms with Crippen LogP contribution in [0.2, 0.25) is 0 Å². The Morgan fingerprint density at radius 1 is 1.22 bits per heavy atom. The van der Waals surface area contributed by atoms with Crippen molar-refractivity contribution in [1.29, 1.82) is 0 Å². The van der Waals surface area contributed by atoms with E-state index in [1.807, 2.05) is 0 Å². The fourth-order valence-corrected chi connectivity index (χ4v) is 1.73. The number of carbonyl (C=O) groups is 4. The molecule has 0 heterocycles. The van der Waals surface area contributed by atoms with E-state index in [0.717, 1.165) is 4.90 Å². The molecule has 1 unspecified atom stereocenters. The number of hydrogen-bond acceptors (Lipinski definition) is 8. The standard InChI is InChI=1S/C14H24N2O6S/c1-9(17)21-11(5-10(18)8-23)7-16(12(19)6-15)13(20)22-14(2,3)4/h11,23H,5-8,15H2,1-4H3. The largest absolute Gasteiger partial charge is 0.460 e. The lowest BCUT2D eigenvalue weighted by atomic mass is 10.1. The molecule has 0 aromatic carbocycles. The number of ether oxygens (including phenoxy) is 2. The smallest absolute Gasteiger partial charge is 0.417 e. The second-order valence-corrected chi connectivity index (χ2v) is 6.14. The number of rotatable bonds is 7. The first-order valence-electron chi connectivity index (χ1n) is 7.03. The lowest BCUT2D eigenvalue weighted by Gasteiger charge is -2.28. The van der Waals surface area contributed by atoms with Crippen molar-refractivity contribution in [3.63, 3.8) is 0 Å². The second kappa shape index (κ2) is 9.51. The molecule has 0 saturated heterocycles. The monoisotopic (exact) mass is 348 g/mol. The molecule has 0 radical (unpaired) electrons. The van der Waals surface area contributed by atoms with E-state index in [1.54, 1.807) is 20.8 Å². The Bertz CT molecular complexity index is 461. The number of Topliss-reactive ketones (excluding diaryl/α,β-unsaturated/α-hetero) is 1. The molecule has 0 rings (SSSR count). The van der Waals surface area contributed by atoms with Crippen molar-refractivity contribution in [3.05, 3.63) is 0 Å². The number of esters is 1. The maximum Gasteiger partial charge on any atom is 0.417 e. The summed E-state index contributed by atoms with van der Waals surface area (Å²) in [7, 11) is 0. The minimum atomic E-state index is -0.977. The number of nitrogens with zero attached hydrogens (tertiary/aromatic N) is 1. The Balaban J connectivity index is 5.19. The van der Waals surface area contributed by atoms with Crippen molar-refractivity contribution in [2.75, 3.05) is 18.8 Å². The van der Waals surface area contributed by atoms with Gasteiger partial charge in [0.25, 0.3) is 0 Å². The third-order valence-electron chi connectivity index (χ3n) is 2.44. The van der Waals surface area contributed by atoms with Crippen LogP contribution >= 0.6 is 12.6 Å². The molecule has 0 aliphatic rings. The summed E-state index contributed by atoms with van der Waals surface area (Å²) in [6.07, 6.45) is -2.06. The molecule has 0 aliphatic carbocycles. The van der Waals surface area contributed by atoms with Gasteiger partial charge in [-0.2, -0.15) is 12.6 Å². The number of amides is 2. The van der Waals surface area contributed by atoms with E-state index in [4.69, 9.17) is 15.2 Å². The van der Waals surface area contributed by atoms with Crippen molar-refractivity contribution < 1.29 is 28.7 Å². The fraction of sp³-hybridized carbons (Fsp3) is 0.714. The van der Waals surface area contributed by atoms with Gasteiger partial charge in [0, 0.05) is 19.1 Å². The molecule has 8 nitrogen and oxygen atoms in total. The number of ketones is 1. The van der Waals surface area contributed by atoms with Gasteiger partial charge < -0.3 is 15.2 Å². The third kappa shape index (κ3) is 9.19. The predicted molar refractivity (Wildman–Crippen MR) is 86.0 cm³/mol. The molecule has 2 amide bonds. The van der Waals surface area contributed by atoms with Crippen molar-refractivity contribution in [3.8, 4) is 0 Å². The van der Waals surface area contributed by atoms with Gasteiger partial charge in [-0.3, -0.25) is 14.4 Å². The minimum Gasteiger partial charge on any atom is -0.460 e. The SMILES string of the molecule is CC(=O)OC(CC(=O)CS)CN(C(=O)CN)C(=O)OC(C)(C)C. The molecule has 0 bridgehead atoms. The van der Waals surface area contributed by atoms with Gasteiger partial charge in [-0.25, -0.2) is 9.69 Å². The Labute approximate surface area is 141 Å². The van der Waals surface area contributed by atoms with Gasteiger partial charge in [-0.1, -0.05) is 0 Å². The molecule has 23 heavy (non-hydrogen) atoms. The highest BCUT2D eigenvalue weighted by Crippen LogP contribution is 2.12. The van der Waals surface area contributed by atoms with Gasteiger partial charge in [0.2, 0.25) is 5.91 Å². The van der Waals surface area contributed by atoms with Crippen LogP contribution in [0.3, 0.4) is 0 Å². The van der Waals surface area contributed by atoms with E-state index in [1.165, 1.54) is 6.92 Å². The van der Waals surface area contributed by atoms with Gasteiger partial charge in [-0.15, -0.1) is 0 Å². The van der Waals surface area contributed by atoms with E-state index < -0.39 is 36.2 Å². The van der Waals surface area contributed by atoms with Crippen molar-refractivity contribution >= 4 is 36.4 Å². The van der Waals surface area contributed by atoms with Gasteiger partial charge in [0.15, 0.2) is 0 Å². The molecule has 9 heteroatoms. The van der Waals surface area contributed by atoms with E-state index >= 15 is 0 Å². The summed E-state index contributed by atoms with van der Waals surface area (Å²) in [5, 5.41) is 0. The lowest BCUT2D eigenvalue weighted by Crippen LogP contribution is -2.48. The summed E-state index contributed by atoms with van der Waals surface area (Å²) >= 11 is 3.84. The average molecular weight is 348 g/mol. The van der Waals surface area contributed by atoms with Gasteiger partial charge in [0.05, 0.1) is 13.1 Å². The van der Waals surface area contributed by atoms with Crippen molar-refractivity contribution in [2.24, 2.45) is 5.73 Å². The second-order valence-electron chi connectivity index (χ2n) is 5.82. The third-order valence-corrected chi connectivity index (χ3v) is 2.79. The van der Waals surface area contributed by atoms with Crippen LogP contribution in [0.5, 0.6) is 0 Å². The normalized spacial score (nSPS) is 12.3. The number of hydrogen-bond donors (Lipinski definition) is 2. The summed E-state index contributed by atoms with van der Waals surface area (Å²) in [5.74, 6) is -1.67. The van der Waals surface area contributed by atoms with Crippen LogP contribution in [-0.2, 0) is 23.9 Å². The number of thiol groups is 1. The summed E-state index contributed by atoms with van der Waals surface area (Å²) in [5.41, 5.74) is 4.48. The molecule has 1 atom stereocenters. The van der Waals surface area contributed by atoms with E-state index in [2.05, 4.69) is 12.6 Å². The van der Waals surface area contributed by atoms with E-state index in [0.29, 0.717) is 0 Å². The van der Waals surface area contributed by atoms with Crippen LogP contribution in [0.25, 0.3) is 0 Å². The van der Waals surface area contributed by atoms with E-state index in [9.17, 15) is 19.2 Å².